The van der Waals surface area contributed by atoms with Crippen molar-refractivity contribution in [3.05, 3.63) is 53.6 Å². The summed E-state index contributed by atoms with van der Waals surface area (Å²) in [6.45, 7) is 4.27. The zero-order valence-electron chi connectivity index (χ0n) is 11.5. The van der Waals surface area contributed by atoms with Crippen molar-refractivity contribution in [2.24, 2.45) is 0 Å². The Bertz CT molecular complexity index is 538. The number of nitrogens with zero attached hydrogens (tertiary/aromatic N) is 2. The molecule has 3 heteroatoms. The number of aromatic nitrogens is 2. The summed E-state index contributed by atoms with van der Waals surface area (Å²) in [6, 6.07) is 9.18. The van der Waals surface area contributed by atoms with Crippen LogP contribution in [0.2, 0.25) is 0 Å². The molecule has 1 N–H and O–H groups in total. The SMILES string of the molecule is CCc1ccccc1Cn1cncc1[C@@H]1CCCN1. The molecule has 3 rings (SSSR count). The predicted molar refractivity (Wildman–Crippen MR) is 77.1 cm³/mol. The fourth-order valence-corrected chi connectivity index (χ4v) is 2.93. The third kappa shape index (κ3) is 2.56. The fraction of sp³-hybridized carbons (Fsp3) is 0.438. The Morgan fingerprint density at radius 2 is 2.16 bits per heavy atom. The van der Waals surface area contributed by atoms with Gasteiger partial charge in [0.25, 0.3) is 0 Å². The molecule has 0 radical (unpaired) electrons. The summed E-state index contributed by atoms with van der Waals surface area (Å²) in [4.78, 5) is 4.34. The smallest absolute Gasteiger partial charge is 0.0951 e. The molecule has 0 unspecified atom stereocenters. The second-order valence-electron chi connectivity index (χ2n) is 5.22. The van der Waals surface area contributed by atoms with Gasteiger partial charge in [0.2, 0.25) is 0 Å². The van der Waals surface area contributed by atoms with Crippen LogP contribution in [-0.2, 0) is 13.0 Å². The molecular formula is C16H21N3. The molecule has 1 aliphatic heterocycles. The van der Waals surface area contributed by atoms with E-state index in [1.165, 1.54) is 29.7 Å². The molecule has 0 saturated carbocycles. The highest BCUT2D eigenvalue weighted by molar-refractivity contribution is 5.28. The number of rotatable bonds is 4. The van der Waals surface area contributed by atoms with Crippen molar-refractivity contribution in [3.63, 3.8) is 0 Å². The molecule has 1 aromatic carbocycles. The van der Waals surface area contributed by atoms with Gasteiger partial charge < -0.3 is 9.88 Å². The van der Waals surface area contributed by atoms with Crippen LogP contribution in [-0.4, -0.2) is 16.1 Å². The van der Waals surface area contributed by atoms with Gasteiger partial charge in [-0.2, -0.15) is 0 Å². The minimum Gasteiger partial charge on any atom is -0.329 e. The molecular weight excluding hydrogens is 234 g/mol. The van der Waals surface area contributed by atoms with Crippen LogP contribution in [0.3, 0.4) is 0 Å². The maximum absolute atomic E-state index is 4.34. The topological polar surface area (TPSA) is 29.9 Å². The summed E-state index contributed by atoms with van der Waals surface area (Å²) >= 11 is 0. The molecule has 100 valence electrons. The summed E-state index contributed by atoms with van der Waals surface area (Å²) < 4.78 is 2.29. The highest BCUT2D eigenvalue weighted by Crippen LogP contribution is 2.23. The van der Waals surface area contributed by atoms with Gasteiger partial charge in [0.05, 0.1) is 12.0 Å². The van der Waals surface area contributed by atoms with Crippen molar-refractivity contribution in [2.75, 3.05) is 6.54 Å². The van der Waals surface area contributed by atoms with Crippen LogP contribution in [0.25, 0.3) is 0 Å². The van der Waals surface area contributed by atoms with Crippen LogP contribution in [0.15, 0.2) is 36.8 Å². The monoisotopic (exact) mass is 255 g/mol. The van der Waals surface area contributed by atoms with Gasteiger partial charge in [-0.25, -0.2) is 4.98 Å². The maximum Gasteiger partial charge on any atom is 0.0951 e. The normalized spacial score (nSPS) is 18.9. The largest absolute Gasteiger partial charge is 0.329 e. The van der Waals surface area contributed by atoms with Gasteiger partial charge in [0, 0.05) is 18.8 Å². The zero-order chi connectivity index (χ0) is 13.1. The molecule has 1 atom stereocenters. The lowest BCUT2D eigenvalue weighted by molar-refractivity contribution is 0.583. The van der Waals surface area contributed by atoms with E-state index in [1.807, 2.05) is 12.5 Å². The number of hydrogen-bond acceptors (Lipinski definition) is 2. The Morgan fingerprint density at radius 1 is 1.32 bits per heavy atom. The molecule has 3 nitrogen and oxygen atoms in total. The fourth-order valence-electron chi connectivity index (χ4n) is 2.93. The number of hydrogen-bond donors (Lipinski definition) is 1. The molecule has 2 aromatic rings. The van der Waals surface area contributed by atoms with E-state index in [1.54, 1.807) is 0 Å². The van der Waals surface area contributed by atoms with E-state index in [2.05, 4.69) is 46.1 Å². The van der Waals surface area contributed by atoms with E-state index in [-0.39, 0.29) is 0 Å². The molecule has 0 aliphatic carbocycles. The first-order chi connectivity index (χ1) is 9.38. The van der Waals surface area contributed by atoms with Gasteiger partial charge in [-0.05, 0) is 36.9 Å². The summed E-state index contributed by atoms with van der Waals surface area (Å²) in [6.07, 6.45) is 7.55. The summed E-state index contributed by atoms with van der Waals surface area (Å²) in [5.41, 5.74) is 4.16. The lowest BCUT2D eigenvalue weighted by Gasteiger charge is -2.15. The minimum atomic E-state index is 0.483. The summed E-state index contributed by atoms with van der Waals surface area (Å²) in [7, 11) is 0. The first-order valence-electron chi connectivity index (χ1n) is 7.18. The molecule has 1 aromatic heterocycles. The van der Waals surface area contributed by atoms with E-state index in [0.717, 1.165) is 19.5 Å². The van der Waals surface area contributed by atoms with Crippen LogP contribution in [0.5, 0.6) is 0 Å². The molecule has 0 amide bonds. The predicted octanol–water partition coefficient (Wildman–Crippen LogP) is 2.92. The standard InChI is InChI=1S/C16H21N3/c1-2-13-6-3-4-7-14(13)11-19-12-17-10-16(19)15-8-5-9-18-15/h3-4,6-7,10,12,15,18H,2,5,8-9,11H2,1H3/t15-/m0/s1. The number of benzene rings is 1. The first kappa shape index (κ1) is 12.4. The molecule has 0 bridgehead atoms. The third-order valence-corrected chi connectivity index (χ3v) is 4.00. The van der Waals surface area contributed by atoms with Crippen LogP contribution >= 0.6 is 0 Å². The second-order valence-corrected chi connectivity index (χ2v) is 5.22. The van der Waals surface area contributed by atoms with Crippen molar-refractivity contribution in [1.82, 2.24) is 14.9 Å². The molecule has 1 saturated heterocycles. The Labute approximate surface area is 114 Å². The molecule has 0 spiro atoms. The van der Waals surface area contributed by atoms with Crippen molar-refractivity contribution in [1.29, 1.82) is 0 Å². The second kappa shape index (κ2) is 5.57. The average Bonchev–Trinajstić information content (AvgIpc) is 3.09. The van der Waals surface area contributed by atoms with Crippen LogP contribution < -0.4 is 5.32 Å². The summed E-state index contributed by atoms with van der Waals surface area (Å²) in [5.74, 6) is 0. The van der Waals surface area contributed by atoms with Crippen molar-refractivity contribution in [3.8, 4) is 0 Å². The van der Waals surface area contributed by atoms with Crippen molar-refractivity contribution in [2.45, 2.75) is 38.8 Å². The Morgan fingerprint density at radius 3 is 2.89 bits per heavy atom. The van der Waals surface area contributed by atoms with Gasteiger partial charge in [-0.15, -0.1) is 0 Å². The van der Waals surface area contributed by atoms with Crippen LogP contribution in [0, 0.1) is 0 Å². The average molecular weight is 255 g/mol. The Kier molecular flexibility index (Phi) is 3.65. The quantitative estimate of drug-likeness (QED) is 0.910. The Balaban J connectivity index is 1.85. The number of aryl methyl sites for hydroxylation is 1. The van der Waals surface area contributed by atoms with Gasteiger partial charge in [0.1, 0.15) is 0 Å². The first-order valence-corrected chi connectivity index (χ1v) is 7.18. The lowest BCUT2D eigenvalue weighted by Crippen LogP contribution is -2.17. The molecule has 2 heterocycles. The van der Waals surface area contributed by atoms with E-state index >= 15 is 0 Å². The molecule has 1 aliphatic rings. The molecule has 1 fully saturated rings. The van der Waals surface area contributed by atoms with E-state index < -0.39 is 0 Å². The van der Waals surface area contributed by atoms with Gasteiger partial charge in [-0.3, -0.25) is 0 Å². The van der Waals surface area contributed by atoms with E-state index in [9.17, 15) is 0 Å². The third-order valence-electron chi connectivity index (χ3n) is 4.00. The van der Waals surface area contributed by atoms with Gasteiger partial charge in [-0.1, -0.05) is 31.2 Å². The van der Waals surface area contributed by atoms with E-state index in [4.69, 9.17) is 0 Å². The van der Waals surface area contributed by atoms with Crippen LogP contribution in [0.4, 0.5) is 0 Å². The van der Waals surface area contributed by atoms with Gasteiger partial charge >= 0.3 is 0 Å². The van der Waals surface area contributed by atoms with E-state index in [0.29, 0.717) is 6.04 Å². The van der Waals surface area contributed by atoms with Crippen LogP contribution in [0.1, 0.15) is 42.6 Å². The zero-order valence-corrected chi connectivity index (χ0v) is 11.5. The number of nitrogens with one attached hydrogen (secondary N) is 1. The maximum atomic E-state index is 4.34. The van der Waals surface area contributed by atoms with Crippen molar-refractivity contribution >= 4 is 0 Å². The van der Waals surface area contributed by atoms with Crippen molar-refractivity contribution < 1.29 is 0 Å². The molecule has 19 heavy (non-hydrogen) atoms. The lowest BCUT2D eigenvalue weighted by atomic mass is 10.1. The minimum absolute atomic E-state index is 0.483. The van der Waals surface area contributed by atoms with Gasteiger partial charge in [0.15, 0.2) is 0 Å². The number of imidazole rings is 1. The highest BCUT2D eigenvalue weighted by Gasteiger charge is 2.19. The summed E-state index contributed by atoms with van der Waals surface area (Å²) in [5, 5.41) is 3.55. The Hall–Kier alpha value is -1.61. The highest BCUT2D eigenvalue weighted by atomic mass is 15.1.